The van der Waals surface area contributed by atoms with Gasteiger partial charge < -0.3 is 14.8 Å². The van der Waals surface area contributed by atoms with Gasteiger partial charge in [-0.3, -0.25) is 9.69 Å². The third-order valence-corrected chi connectivity index (χ3v) is 7.91. The van der Waals surface area contributed by atoms with E-state index >= 15 is 0 Å². The van der Waals surface area contributed by atoms with Gasteiger partial charge in [-0.2, -0.15) is 0 Å². The Kier molecular flexibility index (Phi) is 6.22. The van der Waals surface area contributed by atoms with Crippen LogP contribution in [0.15, 0.2) is 66.9 Å². The smallest absolute Gasteiger partial charge is 0.318 e. The number of halogens is 1. The highest BCUT2D eigenvalue weighted by Crippen LogP contribution is 2.42. The molecule has 6 nitrogen and oxygen atoms in total. The summed E-state index contributed by atoms with van der Waals surface area (Å²) in [6, 6.07) is 19.6. The Bertz CT molecular complexity index is 1260. The Labute approximate surface area is 216 Å². The second kappa shape index (κ2) is 9.66. The summed E-state index contributed by atoms with van der Waals surface area (Å²) in [4.78, 5) is 31.1. The van der Waals surface area contributed by atoms with Gasteiger partial charge in [0.05, 0.1) is 17.1 Å². The van der Waals surface area contributed by atoms with Crippen LogP contribution in [0.5, 0.6) is 0 Å². The van der Waals surface area contributed by atoms with E-state index in [0.29, 0.717) is 5.02 Å². The highest BCUT2D eigenvalue weighted by Gasteiger charge is 2.40. The second-order valence-electron chi connectivity index (χ2n) is 10.2. The number of fused-ring (bicyclic) bond motifs is 3. The van der Waals surface area contributed by atoms with E-state index < -0.39 is 0 Å². The molecule has 2 heterocycles. The highest BCUT2D eigenvalue weighted by molar-refractivity contribution is 6.30. The molecule has 1 aliphatic heterocycles. The Morgan fingerprint density at radius 1 is 0.889 bits per heavy atom. The lowest BCUT2D eigenvalue weighted by atomic mass is 9.96. The number of rotatable bonds is 5. The predicted molar refractivity (Wildman–Crippen MR) is 142 cm³/mol. The maximum Gasteiger partial charge on any atom is 0.318 e. The standard InChI is InChI=1S/C29H31ClN4O2/c30-21-14-12-20(13-15-21)28-26-11-6-18-32(26)24-9-4-5-10-25(24)34(28)27(35)19-33(23-16-17-23)29(36)31-22-7-2-1-3-8-22/h4-6,9-15,18,22-23,28H,1-3,7-8,16-17,19H2,(H,31,36). The van der Waals surface area contributed by atoms with Gasteiger partial charge in [-0.15, -0.1) is 0 Å². The Hall–Kier alpha value is -3.25. The van der Waals surface area contributed by atoms with E-state index in [4.69, 9.17) is 11.6 Å². The van der Waals surface area contributed by atoms with Crippen molar-refractivity contribution in [1.29, 1.82) is 0 Å². The predicted octanol–water partition coefficient (Wildman–Crippen LogP) is 6.07. The monoisotopic (exact) mass is 502 g/mol. The zero-order valence-electron chi connectivity index (χ0n) is 20.3. The molecule has 1 aromatic heterocycles. The van der Waals surface area contributed by atoms with Crippen molar-refractivity contribution in [2.24, 2.45) is 0 Å². The summed E-state index contributed by atoms with van der Waals surface area (Å²) in [5, 5.41) is 3.88. The van der Waals surface area contributed by atoms with Gasteiger partial charge in [0.1, 0.15) is 12.6 Å². The average Bonchev–Trinajstić information content (AvgIpc) is 3.62. The molecule has 0 spiro atoms. The minimum atomic E-state index is -0.317. The van der Waals surface area contributed by atoms with E-state index in [-0.39, 0.29) is 36.6 Å². The minimum Gasteiger partial charge on any atom is -0.335 e. The molecule has 36 heavy (non-hydrogen) atoms. The summed E-state index contributed by atoms with van der Waals surface area (Å²) in [7, 11) is 0. The zero-order chi connectivity index (χ0) is 24.6. The van der Waals surface area contributed by atoms with Gasteiger partial charge in [-0.1, -0.05) is 55.1 Å². The molecule has 186 valence electrons. The van der Waals surface area contributed by atoms with Crippen LogP contribution in [-0.4, -0.2) is 40.0 Å². The van der Waals surface area contributed by atoms with Crippen molar-refractivity contribution in [3.8, 4) is 5.69 Å². The molecule has 0 saturated heterocycles. The lowest BCUT2D eigenvalue weighted by Crippen LogP contribution is -2.51. The van der Waals surface area contributed by atoms with Crippen molar-refractivity contribution < 1.29 is 9.59 Å². The number of nitrogens with one attached hydrogen (secondary N) is 1. The lowest BCUT2D eigenvalue weighted by Gasteiger charge is -2.39. The number of carbonyl (C=O) groups is 2. The van der Waals surface area contributed by atoms with Crippen molar-refractivity contribution in [2.45, 2.75) is 63.1 Å². The van der Waals surface area contributed by atoms with E-state index in [2.05, 4.69) is 16.0 Å². The maximum absolute atomic E-state index is 14.2. The molecule has 3 amide bonds. The van der Waals surface area contributed by atoms with Gasteiger partial charge in [0.2, 0.25) is 5.91 Å². The molecule has 1 unspecified atom stereocenters. The summed E-state index contributed by atoms with van der Waals surface area (Å²) < 4.78 is 2.15. The maximum atomic E-state index is 14.2. The van der Waals surface area contributed by atoms with E-state index in [1.165, 1.54) is 6.42 Å². The van der Waals surface area contributed by atoms with Crippen LogP contribution in [0.4, 0.5) is 10.5 Å². The Morgan fingerprint density at radius 3 is 2.33 bits per heavy atom. The number of amides is 3. The summed E-state index contributed by atoms with van der Waals surface area (Å²) in [5.74, 6) is -0.0828. The quantitative estimate of drug-likeness (QED) is 0.460. The normalized spacial score (nSPS) is 19.4. The fourth-order valence-corrected chi connectivity index (χ4v) is 5.83. The molecule has 3 aliphatic rings. The van der Waals surface area contributed by atoms with Crippen LogP contribution in [0.1, 0.15) is 62.2 Å². The third kappa shape index (κ3) is 4.39. The number of aromatic nitrogens is 1. The van der Waals surface area contributed by atoms with Gasteiger partial charge >= 0.3 is 6.03 Å². The molecule has 2 aromatic carbocycles. The van der Waals surface area contributed by atoms with E-state index in [1.54, 1.807) is 4.90 Å². The molecule has 0 bridgehead atoms. The first kappa shape index (κ1) is 23.2. The zero-order valence-corrected chi connectivity index (χ0v) is 21.0. The van der Waals surface area contributed by atoms with E-state index in [9.17, 15) is 9.59 Å². The van der Waals surface area contributed by atoms with E-state index in [1.807, 2.05) is 65.7 Å². The molecule has 6 rings (SSSR count). The molecule has 1 atom stereocenters. The van der Waals surface area contributed by atoms with Crippen molar-refractivity contribution in [1.82, 2.24) is 14.8 Å². The molecule has 1 N–H and O–H groups in total. The molecular formula is C29H31ClN4O2. The molecule has 2 aliphatic carbocycles. The number of carbonyl (C=O) groups excluding carboxylic acids is 2. The van der Waals surface area contributed by atoms with E-state index in [0.717, 1.165) is 61.2 Å². The number of para-hydroxylation sites is 2. The highest BCUT2D eigenvalue weighted by atomic mass is 35.5. The number of urea groups is 1. The molecular weight excluding hydrogens is 472 g/mol. The summed E-state index contributed by atoms with van der Waals surface area (Å²) in [6.07, 6.45) is 9.52. The van der Waals surface area contributed by atoms with Gasteiger partial charge in [-0.05, 0) is 67.6 Å². The van der Waals surface area contributed by atoms with Crippen LogP contribution >= 0.6 is 11.6 Å². The number of hydrogen-bond donors (Lipinski definition) is 1. The number of benzene rings is 2. The first-order chi connectivity index (χ1) is 17.6. The number of hydrogen-bond acceptors (Lipinski definition) is 2. The van der Waals surface area contributed by atoms with Gasteiger partial charge in [0.25, 0.3) is 0 Å². The summed E-state index contributed by atoms with van der Waals surface area (Å²) in [6.45, 7) is 0.0579. The van der Waals surface area contributed by atoms with Crippen LogP contribution < -0.4 is 10.2 Å². The van der Waals surface area contributed by atoms with Crippen LogP contribution in [-0.2, 0) is 4.79 Å². The Balaban J connectivity index is 1.34. The van der Waals surface area contributed by atoms with Gasteiger partial charge in [0, 0.05) is 23.3 Å². The number of nitrogens with zero attached hydrogens (tertiary/aromatic N) is 3. The lowest BCUT2D eigenvalue weighted by molar-refractivity contribution is -0.119. The summed E-state index contributed by atoms with van der Waals surface area (Å²) >= 11 is 6.20. The van der Waals surface area contributed by atoms with Crippen molar-refractivity contribution in [3.63, 3.8) is 0 Å². The molecule has 0 radical (unpaired) electrons. The van der Waals surface area contributed by atoms with Crippen LogP contribution in [0.25, 0.3) is 5.69 Å². The molecule has 2 fully saturated rings. The first-order valence-corrected chi connectivity index (χ1v) is 13.4. The molecule has 2 saturated carbocycles. The van der Waals surface area contributed by atoms with Crippen molar-refractivity contribution >= 4 is 29.2 Å². The number of anilines is 1. The Morgan fingerprint density at radius 2 is 1.61 bits per heavy atom. The second-order valence-corrected chi connectivity index (χ2v) is 10.6. The fraction of sp³-hybridized carbons (Fsp3) is 0.379. The molecule has 7 heteroatoms. The van der Waals surface area contributed by atoms with Crippen LogP contribution in [0, 0.1) is 0 Å². The van der Waals surface area contributed by atoms with Crippen LogP contribution in [0.2, 0.25) is 5.02 Å². The average molecular weight is 503 g/mol. The SMILES string of the molecule is O=C(NC1CCCCC1)N(CC(=O)N1c2ccccc2-n2cccc2C1c1ccc(Cl)cc1)C1CC1. The fourth-order valence-electron chi connectivity index (χ4n) is 5.70. The summed E-state index contributed by atoms with van der Waals surface area (Å²) in [5.41, 5.74) is 3.79. The minimum absolute atomic E-state index is 0.0579. The van der Waals surface area contributed by atoms with Crippen molar-refractivity contribution in [3.05, 3.63) is 83.1 Å². The topological polar surface area (TPSA) is 57.6 Å². The first-order valence-electron chi connectivity index (χ1n) is 13.0. The molecule has 3 aromatic rings. The van der Waals surface area contributed by atoms with Gasteiger partial charge in [-0.25, -0.2) is 4.79 Å². The third-order valence-electron chi connectivity index (χ3n) is 7.66. The largest absolute Gasteiger partial charge is 0.335 e. The van der Waals surface area contributed by atoms with Crippen molar-refractivity contribution in [2.75, 3.05) is 11.4 Å². The van der Waals surface area contributed by atoms with Crippen LogP contribution in [0.3, 0.4) is 0 Å². The van der Waals surface area contributed by atoms with Gasteiger partial charge in [0.15, 0.2) is 0 Å².